The molecule has 2 aromatic rings. The van der Waals surface area contributed by atoms with Crippen LogP contribution in [0.2, 0.25) is 0 Å². The highest BCUT2D eigenvalue weighted by molar-refractivity contribution is 6.99. The number of hydrogen-bond acceptors (Lipinski definition) is 4. The molecule has 0 bridgehead atoms. The summed E-state index contributed by atoms with van der Waals surface area (Å²) in [6.07, 6.45) is 0. The Kier molecular flexibility index (Phi) is 2.31. The van der Waals surface area contributed by atoms with Crippen molar-refractivity contribution in [3.8, 4) is 11.3 Å². The van der Waals surface area contributed by atoms with Gasteiger partial charge in [0.2, 0.25) is 0 Å². The van der Waals surface area contributed by atoms with Gasteiger partial charge < -0.3 is 5.73 Å². The van der Waals surface area contributed by atoms with Crippen molar-refractivity contribution in [1.82, 2.24) is 8.75 Å². The number of benzene rings is 1. The lowest BCUT2D eigenvalue weighted by atomic mass is 10.1. The predicted octanol–water partition coefficient (Wildman–Crippen LogP) is 2.20. The van der Waals surface area contributed by atoms with Gasteiger partial charge in [0.15, 0.2) is 23.3 Å². The summed E-state index contributed by atoms with van der Waals surface area (Å²) >= 11 is 0.813. The van der Waals surface area contributed by atoms with E-state index >= 15 is 0 Å². The molecule has 0 spiro atoms. The highest BCUT2D eigenvalue weighted by Gasteiger charge is 2.15. The summed E-state index contributed by atoms with van der Waals surface area (Å²) < 4.78 is 45.8. The Labute approximate surface area is 86.7 Å². The molecule has 78 valence electrons. The molecule has 0 saturated heterocycles. The molecule has 2 N–H and O–H groups in total. The average Bonchev–Trinajstić information content (AvgIpc) is 2.60. The number of nitrogens with two attached hydrogens (primary N) is 1. The predicted molar refractivity (Wildman–Crippen MR) is 49.6 cm³/mol. The molecule has 3 nitrogen and oxygen atoms in total. The highest BCUT2D eigenvalue weighted by atomic mass is 32.1. The first kappa shape index (κ1) is 9.91. The normalized spacial score (nSPS) is 10.6. The summed E-state index contributed by atoms with van der Waals surface area (Å²) in [6, 6.07) is 1.65. The van der Waals surface area contributed by atoms with E-state index in [1.54, 1.807) is 0 Å². The summed E-state index contributed by atoms with van der Waals surface area (Å²) in [6.45, 7) is 0. The van der Waals surface area contributed by atoms with Crippen LogP contribution in [0.3, 0.4) is 0 Å². The lowest BCUT2D eigenvalue weighted by Crippen LogP contribution is -1.94. The van der Waals surface area contributed by atoms with E-state index in [0.29, 0.717) is 0 Å². The summed E-state index contributed by atoms with van der Waals surface area (Å²) in [4.78, 5) is 0. The maximum Gasteiger partial charge on any atom is 0.194 e. The zero-order valence-electron chi connectivity index (χ0n) is 7.17. The zero-order valence-corrected chi connectivity index (χ0v) is 7.99. The Balaban J connectivity index is 2.60. The van der Waals surface area contributed by atoms with E-state index in [-0.39, 0.29) is 17.1 Å². The molecular weight excluding hydrogens is 227 g/mol. The summed E-state index contributed by atoms with van der Waals surface area (Å²) in [5.41, 5.74) is 5.63. The molecule has 1 aromatic heterocycles. The van der Waals surface area contributed by atoms with E-state index in [9.17, 15) is 13.2 Å². The molecule has 0 radical (unpaired) electrons. The maximum atomic E-state index is 12.9. The van der Waals surface area contributed by atoms with Gasteiger partial charge in [-0.1, -0.05) is 0 Å². The Morgan fingerprint density at radius 2 is 1.67 bits per heavy atom. The van der Waals surface area contributed by atoms with Gasteiger partial charge in [0.1, 0.15) is 5.69 Å². The topological polar surface area (TPSA) is 51.8 Å². The van der Waals surface area contributed by atoms with Crippen LogP contribution in [0.25, 0.3) is 11.3 Å². The minimum atomic E-state index is -1.51. The number of nitrogen functional groups attached to an aromatic ring is 1. The molecule has 0 unspecified atom stereocenters. The monoisotopic (exact) mass is 231 g/mol. The number of rotatable bonds is 1. The van der Waals surface area contributed by atoms with Crippen LogP contribution in [0.1, 0.15) is 0 Å². The molecule has 0 fully saturated rings. The average molecular weight is 231 g/mol. The van der Waals surface area contributed by atoms with Crippen LogP contribution in [0.4, 0.5) is 19.0 Å². The second-order valence-electron chi connectivity index (χ2n) is 2.75. The first-order valence-corrected chi connectivity index (χ1v) is 4.55. The number of halogens is 3. The van der Waals surface area contributed by atoms with Crippen molar-refractivity contribution in [2.75, 3.05) is 5.73 Å². The molecule has 1 heterocycles. The van der Waals surface area contributed by atoms with Crippen LogP contribution in [-0.4, -0.2) is 8.75 Å². The summed E-state index contributed by atoms with van der Waals surface area (Å²) in [7, 11) is 0. The van der Waals surface area contributed by atoms with Gasteiger partial charge in [-0.3, -0.25) is 0 Å². The van der Waals surface area contributed by atoms with Crippen LogP contribution in [0.5, 0.6) is 0 Å². The van der Waals surface area contributed by atoms with Crippen molar-refractivity contribution in [2.24, 2.45) is 0 Å². The lowest BCUT2D eigenvalue weighted by Gasteiger charge is -2.00. The molecule has 1 aromatic carbocycles. The van der Waals surface area contributed by atoms with Crippen molar-refractivity contribution >= 4 is 17.5 Å². The van der Waals surface area contributed by atoms with E-state index in [1.807, 2.05) is 0 Å². The largest absolute Gasteiger partial charge is 0.381 e. The first-order valence-electron chi connectivity index (χ1n) is 3.82. The molecular formula is C8H4F3N3S. The molecule has 0 aliphatic heterocycles. The van der Waals surface area contributed by atoms with Crippen molar-refractivity contribution < 1.29 is 13.2 Å². The number of nitrogens with zero attached hydrogens (tertiary/aromatic N) is 2. The fourth-order valence-corrected chi connectivity index (χ4v) is 1.58. The van der Waals surface area contributed by atoms with E-state index in [1.165, 1.54) is 0 Å². The van der Waals surface area contributed by atoms with Gasteiger partial charge >= 0.3 is 0 Å². The van der Waals surface area contributed by atoms with Crippen LogP contribution in [-0.2, 0) is 0 Å². The van der Waals surface area contributed by atoms with E-state index < -0.39 is 17.5 Å². The van der Waals surface area contributed by atoms with Gasteiger partial charge in [0.05, 0.1) is 11.7 Å². The molecule has 0 amide bonds. The van der Waals surface area contributed by atoms with Crippen molar-refractivity contribution in [3.05, 3.63) is 29.6 Å². The SMILES string of the molecule is Nc1nsnc1-c1cc(F)c(F)c(F)c1. The van der Waals surface area contributed by atoms with Crippen LogP contribution in [0.15, 0.2) is 12.1 Å². The van der Waals surface area contributed by atoms with Gasteiger partial charge in [-0.15, -0.1) is 0 Å². The van der Waals surface area contributed by atoms with Gasteiger partial charge in [0, 0.05) is 5.56 Å². The van der Waals surface area contributed by atoms with Crippen LogP contribution >= 0.6 is 11.7 Å². The van der Waals surface area contributed by atoms with E-state index in [0.717, 1.165) is 23.9 Å². The molecule has 0 saturated carbocycles. The lowest BCUT2D eigenvalue weighted by molar-refractivity contribution is 0.447. The maximum absolute atomic E-state index is 12.9. The molecule has 15 heavy (non-hydrogen) atoms. The van der Waals surface area contributed by atoms with Crippen molar-refractivity contribution in [2.45, 2.75) is 0 Å². The van der Waals surface area contributed by atoms with Gasteiger partial charge in [-0.25, -0.2) is 13.2 Å². The molecule has 7 heteroatoms. The van der Waals surface area contributed by atoms with E-state index in [2.05, 4.69) is 8.75 Å². The second kappa shape index (κ2) is 3.50. The third-order valence-corrected chi connectivity index (χ3v) is 2.31. The van der Waals surface area contributed by atoms with Crippen molar-refractivity contribution in [1.29, 1.82) is 0 Å². The van der Waals surface area contributed by atoms with Gasteiger partial charge in [0.25, 0.3) is 0 Å². The molecule has 0 atom stereocenters. The second-order valence-corrected chi connectivity index (χ2v) is 3.28. The fraction of sp³-hybridized carbons (Fsp3) is 0. The Morgan fingerprint density at radius 1 is 1.07 bits per heavy atom. The fourth-order valence-electron chi connectivity index (χ4n) is 1.09. The molecule has 0 aliphatic carbocycles. The minimum absolute atomic E-state index is 0.0606. The molecule has 0 aliphatic rings. The van der Waals surface area contributed by atoms with Gasteiger partial charge in [-0.2, -0.15) is 8.75 Å². The standard InChI is InChI=1S/C8H4F3N3S/c9-4-1-3(2-5(10)6(4)11)7-8(12)14-15-13-7/h1-2H,(H2,12,14). The number of hydrogen-bond donors (Lipinski definition) is 1. The Morgan fingerprint density at radius 3 is 2.13 bits per heavy atom. The Bertz CT molecular complexity index is 489. The summed E-state index contributed by atoms with van der Waals surface area (Å²) in [5.74, 6) is -4.01. The smallest absolute Gasteiger partial charge is 0.194 e. The highest BCUT2D eigenvalue weighted by Crippen LogP contribution is 2.26. The summed E-state index contributed by atoms with van der Waals surface area (Å²) in [5, 5.41) is 0. The molecule has 2 rings (SSSR count). The zero-order chi connectivity index (χ0) is 11.0. The third-order valence-electron chi connectivity index (χ3n) is 1.77. The first-order chi connectivity index (χ1) is 7.09. The van der Waals surface area contributed by atoms with Crippen LogP contribution in [0, 0.1) is 17.5 Å². The van der Waals surface area contributed by atoms with Crippen LogP contribution < -0.4 is 5.73 Å². The van der Waals surface area contributed by atoms with Gasteiger partial charge in [-0.05, 0) is 12.1 Å². The van der Waals surface area contributed by atoms with E-state index in [4.69, 9.17) is 5.73 Å². The number of aromatic nitrogens is 2. The Hall–Kier alpha value is -1.63. The number of anilines is 1. The minimum Gasteiger partial charge on any atom is -0.381 e. The quantitative estimate of drug-likeness (QED) is 0.765. The third kappa shape index (κ3) is 1.65. The van der Waals surface area contributed by atoms with Crippen molar-refractivity contribution in [3.63, 3.8) is 0 Å².